The van der Waals surface area contributed by atoms with Gasteiger partial charge in [-0.2, -0.15) is 35.1 Å². The highest BCUT2D eigenvalue weighted by Crippen LogP contribution is 2.52. The van der Waals surface area contributed by atoms with Gasteiger partial charge in [0.25, 0.3) is 11.8 Å². The lowest BCUT2D eigenvalue weighted by Crippen LogP contribution is -2.68. The third kappa shape index (κ3) is 6.50. The molecule has 0 aliphatic heterocycles. The summed E-state index contributed by atoms with van der Waals surface area (Å²) in [6.07, 6.45) is 0. The van der Waals surface area contributed by atoms with Crippen molar-refractivity contribution < 1.29 is 61.5 Å². The van der Waals surface area contributed by atoms with Gasteiger partial charge in [-0.1, -0.05) is 24.3 Å². The minimum absolute atomic E-state index is 0.201. The summed E-state index contributed by atoms with van der Waals surface area (Å²) in [5, 5.41) is 11.9. The number of primary sulfonamides is 2. The van der Waals surface area contributed by atoms with Crippen molar-refractivity contribution >= 4 is 31.9 Å². The molecular weight excluding hydrogens is 608 g/mol. The summed E-state index contributed by atoms with van der Waals surface area (Å²) in [5.41, 5.74) is -0.401. The number of alkyl halides is 8. The molecule has 222 valence electrons. The molecule has 20 heteroatoms. The van der Waals surface area contributed by atoms with E-state index in [-0.39, 0.29) is 11.1 Å². The number of halogens is 8. The van der Waals surface area contributed by atoms with Crippen LogP contribution in [0.25, 0.3) is 0 Å². The Morgan fingerprint density at radius 2 is 0.825 bits per heavy atom. The number of rotatable bonds is 11. The number of sulfonamides is 2. The lowest BCUT2D eigenvalue weighted by atomic mass is 9.97. The lowest BCUT2D eigenvalue weighted by Gasteiger charge is -2.35. The Kier molecular flexibility index (Phi) is 8.95. The van der Waals surface area contributed by atoms with E-state index in [9.17, 15) is 61.5 Å². The van der Waals surface area contributed by atoms with E-state index in [1.165, 1.54) is 0 Å². The van der Waals surface area contributed by atoms with Crippen LogP contribution in [0.2, 0.25) is 0 Å². The van der Waals surface area contributed by atoms with E-state index in [2.05, 4.69) is 0 Å². The van der Waals surface area contributed by atoms with Crippen molar-refractivity contribution in [3.05, 3.63) is 59.7 Å². The van der Waals surface area contributed by atoms with Gasteiger partial charge in [0.2, 0.25) is 20.0 Å². The predicted molar refractivity (Wildman–Crippen MR) is 119 cm³/mol. The van der Waals surface area contributed by atoms with Crippen LogP contribution in [-0.4, -0.2) is 52.3 Å². The van der Waals surface area contributed by atoms with Crippen LogP contribution >= 0.6 is 0 Å². The molecule has 0 aromatic heterocycles. The van der Waals surface area contributed by atoms with Crippen LogP contribution in [0.5, 0.6) is 0 Å². The summed E-state index contributed by atoms with van der Waals surface area (Å²) in [4.78, 5) is 22.4. The van der Waals surface area contributed by atoms with E-state index >= 15 is 0 Å². The zero-order valence-electron chi connectivity index (χ0n) is 19.5. The average molecular weight is 627 g/mol. The van der Waals surface area contributed by atoms with Crippen LogP contribution in [0.1, 0.15) is 11.1 Å². The molecule has 6 N–H and O–H groups in total. The maximum Gasteiger partial charge on any atom is 0.392 e. The standard InChI is InChI=1S/C20H18F8N4O6S2/c21-17(22,15(33)31-9-11-1-5-13(6-2-11)39(29,35)36)19(25,26)20(27,28)18(23,24)16(34)32-10-12-3-7-14(8-4-12)40(30,37)38/h1-8H,9-10H2,(H,31,33)(H,32,34)(H2,29,35,36)(H2,30,37,38). The smallest absolute Gasteiger partial charge is 0.347 e. The van der Waals surface area contributed by atoms with Gasteiger partial charge in [0.1, 0.15) is 0 Å². The third-order valence-electron chi connectivity index (χ3n) is 5.16. The first kappa shape index (κ1) is 32.8. The number of benzene rings is 2. The largest absolute Gasteiger partial charge is 0.392 e. The maximum absolute atomic E-state index is 14.1. The molecule has 0 heterocycles. The van der Waals surface area contributed by atoms with E-state index in [4.69, 9.17) is 10.3 Å². The van der Waals surface area contributed by atoms with Crippen LogP contribution in [0, 0.1) is 0 Å². The number of nitrogens with one attached hydrogen (secondary N) is 2. The molecule has 0 atom stereocenters. The molecule has 0 saturated heterocycles. The molecule has 2 aromatic rings. The lowest BCUT2D eigenvalue weighted by molar-refractivity contribution is -0.347. The molecule has 0 unspecified atom stereocenters. The first-order valence-electron chi connectivity index (χ1n) is 10.3. The van der Waals surface area contributed by atoms with Crippen LogP contribution in [0.15, 0.2) is 58.3 Å². The third-order valence-corrected chi connectivity index (χ3v) is 7.02. The molecule has 2 aromatic carbocycles. The summed E-state index contributed by atoms with van der Waals surface area (Å²) < 4.78 is 158. The Bertz CT molecular complexity index is 1370. The molecule has 0 aliphatic carbocycles. The molecule has 0 bridgehead atoms. The number of carbonyl (C=O) groups is 2. The van der Waals surface area contributed by atoms with Crippen LogP contribution < -0.4 is 20.9 Å². The van der Waals surface area contributed by atoms with Crippen LogP contribution in [0.4, 0.5) is 35.1 Å². The van der Waals surface area contributed by atoms with Gasteiger partial charge in [-0.25, -0.2) is 27.1 Å². The summed E-state index contributed by atoms with van der Waals surface area (Å²) in [7, 11) is -8.36. The quantitative estimate of drug-likeness (QED) is 0.274. The number of hydrogen-bond acceptors (Lipinski definition) is 6. The Morgan fingerprint density at radius 3 is 1.05 bits per heavy atom. The predicted octanol–water partition coefficient (Wildman–Crippen LogP) is 1.46. The van der Waals surface area contributed by atoms with Gasteiger partial charge in [-0.3, -0.25) is 9.59 Å². The number of amides is 2. The van der Waals surface area contributed by atoms with Gasteiger partial charge < -0.3 is 10.6 Å². The van der Waals surface area contributed by atoms with Gasteiger partial charge in [0, 0.05) is 13.1 Å². The molecule has 0 saturated carbocycles. The fourth-order valence-electron chi connectivity index (χ4n) is 2.86. The van der Waals surface area contributed by atoms with Crippen LogP contribution in [0.3, 0.4) is 0 Å². The molecule has 0 radical (unpaired) electrons. The summed E-state index contributed by atoms with van der Waals surface area (Å²) >= 11 is 0. The van der Waals surface area contributed by atoms with Crippen molar-refractivity contribution in [1.29, 1.82) is 0 Å². The van der Waals surface area contributed by atoms with Crippen molar-refractivity contribution in [2.75, 3.05) is 0 Å². The molecule has 2 rings (SSSR count). The van der Waals surface area contributed by atoms with Crippen molar-refractivity contribution in [3.8, 4) is 0 Å². The summed E-state index contributed by atoms with van der Waals surface area (Å²) in [5.74, 6) is -33.4. The highest BCUT2D eigenvalue weighted by Gasteiger charge is 2.84. The number of carbonyl (C=O) groups excluding carboxylic acids is 2. The monoisotopic (exact) mass is 626 g/mol. The molecule has 0 aliphatic rings. The zero-order chi connectivity index (χ0) is 30.9. The molecule has 40 heavy (non-hydrogen) atoms. The second-order valence-corrected chi connectivity index (χ2v) is 11.2. The minimum atomic E-state index is -7.11. The fourth-order valence-corrected chi connectivity index (χ4v) is 3.89. The first-order chi connectivity index (χ1) is 18.0. The topological polar surface area (TPSA) is 179 Å². The molecule has 0 fully saturated rings. The highest BCUT2D eigenvalue weighted by atomic mass is 32.2. The second kappa shape index (κ2) is 10.9. The second-order valence-electron chi connectivity index (χ2n) is 8.04. The Balaban J connectivity index is 2.17. The van der Waals surface area contributed by atoms with Crippen LogP contribution in [-0.2, 0) is 42.7 Å². The average Bonchev–Trinajstić information content (AvgIpc) is 2.84. The van der Waals surface area contributed by atoms with Crippen molar-refractivity contribution in [3.63, 3.8) is 0 Å². The van der Waals surface area contributed by atoms with Crippen molar-refractivity contribution in [2.24, 2.45) is 10.3 Å². The van der Waals surface area contributed by atoms with E-state index in [1.54, 1.807) is 0 Å². The van der Waals surface area contributed by atoms with E-state index in [0.717, 1.165) is 59.2 Å². The SMILES string of the molecule is NS(=O)(=O)c1ccc(CNC(=O)C(F)(F)C(F)(F)C(F)(F)C(F)(F)C(=O)NCc2ccc(S(N)(=O)=O)cc2)cc1. The van der Waals surface area contributed by atoms with Gasteiger partial charge in [-0.05, 0) is 35.4 Å². The van der Waals surface area contributed by atoms with E-state index in [1.807, 2.05) is 0 Å². The normalized spacial score (nSPS) is 13.6. The molecular formula is C20H18F8N4O6S2. The van der Waals surface area contributed by atoms with E-state index in [0.29, 0.717) is 0 Å². The first-order valence-corrected chi connectivity index (χ1v) is 13.4. The van der Waals surface area contributed by atoms with Gasteiger partial charge in [0.15, 0.2) is 0 Å². The Hall–Kier alpha value is -3.36. The van der Waals surface area contributed by atoms with Gasteiger partial charge >= 0.3 is 23.7 Å². The molecule has 10 nitrogen and oxygen atoms in total. The zero-order valence-corrected chi connectivity index (χ0v) is 21.1. The summed E-state index contributed by atoms with van der Waals surface area (Å²) in [6.45, 7) is -2.11. The fraction of sp³-hybridized carbons (Fsp3) is 0.300. The minimum Gasteiger partial charge on any atom is -0.347 e. The van der Waals surface area contributed by atoms with Gasteiger partial charge in [0.05, 0.1) is 9.79 Å². The number of hydrogen-bond donors (Lipinski definition) is 4. The van der Waals surface area contributed by atoms with Crippen molar-refractivity contribution in [2.45, 2.75) is 46.6 Å². The molecule has 2 amide bonds. The van der Waals surface area contributed by atoms with Crippen molar-refractivity contribution in [1.82, 2.24) is 10.6 Å². The molecule has 0 spiro atoms. The maximum atomic E-state index is 14.1. The Labute approximate surface area is 220 Å². The highest BCUT2D eigenvalue weighted by molar-refractivity contribution is 7.89. The number of nitrogens with two attached hydrogens (primary N) is 2. The Morgan fingerprint density at radius 1 is 0.575 bits per heavy atom. The summed E-state index contributed by atoms with van der Waals surface area (Å²) in [6, 6.07) is 6.93. The van der Waals surface area contributed by atoms with Gasteiger partial charge in [-0.15, -0.1) is 0 Å². The van der Waals surface area contributed by atoms with E-state index < -0.39 is 78.4 Å².